The van der Waals surface area contributed by atoms with Crippen molar-refractivity contribution in [2.75, 3.05) is 5.32 Å². The van der Waals surface area contributed by atoms with Gasteiger partial charge in [0.15, 0.2) is 5.78 Å². The number of hydrogen-bond donors (Lipinski definition) is 1. The lowest BCUT2D eigenvalue weighted by Crippen LogP contribution is -2.32. The van der Waals surface area contributed by atoms with Gasteiger partial charge in [-0.1, -0.05) is 35.3 Å². The number of rotatable bonds is 1. The van der Waals surface area contributed by atoms with E-state index < -0.39 is 6.04 Å². The number of anilines is 1. The van der Waals surface area contributed by atoms with Crippen molar-refractivity contribution < 1.29 is 9.53 Å². The largest absolute Gasteiger partial charge is 0.489 e. The van der Waals surface area contributed by atoms with E-state index in [1.807, 2.05) is 37.3 Å². The van der Waals surface area contributed by atoms with Crippen molar-refractivity contribution >= 4 is 51.3 Å². The van der Waals surface area contributed by atoms with Crippen LogP contribution in [0.15, 0.2) is 54.2 Å². The second-order valence-electron chi connectivity index (χ2n) is 7.10. The average molecular weight is 411 g/mol. The molecule has 2 atom stereocenters. The second kappa shape index (κ2) is 6.50. The Balaban J connectivity index is 1.80. The zero-order valence-corrected chi connectivity index (χ0v) is 16.5. The number of Topliss-reactive ketones (excluding diaryl/α,β-unsaturated/α-hetero) is 1. The van der Waals surface area contributed by atoms with Crippen molar-refractivity contribution in [3.05, 3.63) is 75.4 Å². The number of hydrogen-bond acceptors (Lipinski definition) is 4. The highest BCUT2D eigenvalue weighted by atomic mass is 35.5. The lowest BCUT2D eigenvalue weighted by atomic mass is 9.84. The molecule has 0 saturated carbocycles. The van der Waals surface area contributed by atoms with Crippen LogP contribution in [0.1, 0.15) is 30.5 Å². The zero-order chi connectivity index (χ0) is 19.4. The molecule has 0 bridgehead atoms. The van der Waals surface area contributed by atoms with Gasteiger partial charge in [0.25, 0.3) is 0 Å². The summed E-state index contributed by atoms with van der Waals surface area (Å²) in [5.41, 5.74) is 4.01. The molecule has 0 radical (unpaired) electrons. The van der Waals surface area contributed by atoms with Gasteiger partial charge in [-0.2, -0.15) is 0 Å². The minimum Gasteiger partial charge on any atom is -0.489 e. The molecule has 0 unspecified atom stereocenters. The Kier molecular flexibility index (Phi) is 4.07. The van der Waals surface area contributed by atoms with E-state index in [4.69, 9.17) is 27.9 Å². The first kappa shape index (κ1) is 17.5. The van der Waals surface area contributed by atoms with E-state index in [9.17, 15) is 4.79 Å². The summed E-state index contributed by atoms with van der Waals surface area (Å²) < 4.78 is 6.23. The molecule has 3 aromatic rings. The van der Waals surface area contributed by atoms with Gasteiger partial charge < -0.3 is 10.1 Å². The molecule has 0 saturated heterocycles. The van der Waals surface area contributed by atoms with Crippen LogP contribution in [-0.4, -0.2) is 16.9 Å². The van der Waals surface area contributed by atoms with Crippen LogP contribution < -0.4 is 5.32 Å². The molecule has 4 nitrogen and oxygen atoms in total. The van der Waals surface area contributed by atoms with Crippen LogP contribution in [0, 0.1) is 0 Å². The molecule has 1 aromatic heterocycles. The minimum absolute atomic E-state index is 0.0591. The first-order valence-electron chi connectivity index (χ1n) is 9.06. The summed E-state index contributed by atoms with van der Waals surface area (Å²) in [7, 11) is 0. The van der Waals surface area contributed by atoms with Gasteiger partial charge in [0, 0.05) is 39.3 Å². The number of carbonyl (C=O) groups is 1. The molecule has 140 valence electrons. The lowest BCUT2D eigenvalue weighted by molar-refractivity contribution is -0.118. The highest BCUT2D eigenvalue weighted by molar-refractivity contribution is 6.35. The Morgan fingerprint density at radius 1 is 1.18 bits per heavy atom. The van der Waals surface area contributed by atoms with E-state index >= 15 is 0 Å². The van der Waals surface area contributed by atoms with E-state index in [0.717, 1.165) is 27.7 Å². The summed E-state index contributed by atoms with van der Waals surface area (Å²) in [6.07, 6.45) is 1.90. The number of aromatic nitrogens is 1. The number of halogens is 2. The molecule has 0 spiro atoms. The van der Waals surface area contributed by atoms with E-state index in [0.29, 0.717) is 27.8 Å². The molecule has 0 aliphatic carbocycles. The Morgan fingerprint density at radius 2 is 2.04 bits per heavy atom. The quantitative estimate of drug-likeness (QED) is 0.550. The molecule has 2 aliphatic rings. The normalized spacial score (nSPS) is 21.0. The van der Waals surface area contributed by atoms with Crippen molar-refractivity contribution in [3.63, 3.8) is 0 Å². The molecule has 3 heterocycles. The SMILES string of the molecule is C[C@H]1CC(=O)C2=C(O1)c1c(ccc3ncccc13)N[C@@H]2c1ccc(Cl)cc1Cl. The standard InChI is InChI=1S/C22H16Cl2N2O2/c1-11-9-18(27)20-21(13-5-4-12(23)10-15(13)24)26-17-7-6-16-14(3-2-8-25-16)19(17)22(20)28-11/h2-8,10-11,21,26H,9H2,1H3/t11-,21+/m0/s1. The summed E-state index contributed by atoms with van der Waals surface area (Å²) in [5, 5.41) is 5.50. The van der Waals surface area contributed by atoms with Gasteiger partial charge in [-0.25, -0.2) is 0 Å². The number of benzene rings is 2. The third kappa shape index (κ3) is 2.67. The summed E-state index contributed by atoms with van der Waals surface area (Å²) in [4.78, 5) is 17.5. The first-order chi connectivity index (χ1) is 13.5. The molecule has 5 rings (SSSR count). The van der Waals surface area contributed by atoms with Crippen molar-refractivity contribution in [2.45, 2.75) is 25.5 Å². The van der Waals surface area contributed by atoms with Crippen molar-refractivity contribution in [1.29, 1.82) is 0 Å². The lowest BCUT2D eigenvalue weighted by Gasteiger charge is -2.36. The zero-order valence-electron chi connectivity index (χ0n) is 15.0. The number of ketones is 1. The molecule has 0 amide bonds. The predicted molar refractivity (Wildman–Crippen MR) is 112 cm³/mol. The summed E-state index contributed by atoms with van der Waals surface area (Å²) in [6, 6.07) is 12.7. The molecular formula is C22H16Cl2N2O2. The highest BCUT2D eigenvalue weighted by Crippen LogP contribution is 2.48. The van der Waals surface area contributed by atoms with E-state index in [1.54, 1.807) is 18.3 Å². The molecule has 0 fully saturated rings. The van der Waals surface area contributed by atoms with Crippen LogP contribution in [0.25, 0.3) is 16.7 Å². The third-order valence-electron chi connectivity index (χ3n) is 5.21. The number of ether oxygens (including phenoxy) is 1. The van der Waals surface area contributed by atoms with Crippen LogP contribution in [0.5, 0.6) is 0 Å². The first-order valence-corrected chi connectivity index (χ1v) is 9.82. The highest BCUT2D eigenvalue weighted by Gasteiger charge is 2.39. The molecular weight excluding hydrogens is 395 g/mol. The molecule has 6 heteroatoms. The second-order valence-corrected chi connectivity index (χ2v) is 7.94. The maximum atomic E-state index is 13.1. The summed E-state index contributed by atoms with van der Waals surface area (Å²) in [5.74, 6) is 0.677. The molecule has 1 N–H and O–H groups in total. The maximum Gasteiger partial charge on any atom is 0.168 e. The van der Waals surface area contributed by atoms with Crippen molar-refractivity contribution in [2.24, 2.45) is 0 Å². The number of nitrogens with one attached hydrogen (secondary N) is 1. The van der Waals surface area contributed by atoms with Gasteiger partial charge in [-0.15, -0.1) is 0 Å². The number of fused-ring (bicyclic) bond motifs is 4. The topological polar surface area (TPSA) is 51.2 Å². The van der Waals surface area contributed by atoms with E-state index in [-0.39, 0.29) is 11.9 Å². The Morgan fingerprint density at radius 3 is 2.86 bits per heavy atom. The predicted octanol–water partition coefficient (Wildman–Crippen LogP) is 5.80. The van der Waals surface area contributed by atoms with Crippen molar-refractivity contribution in [1.82, 2.24) is 4.98 Å². The van der Waals surface area contributed by atoms with Gasteiger partial charge in [-0.3, -0.25) is 9.78 Å². The maximum absolute atomic E-state index is 13.1. The Bertz CT molecular complexity index is 1170. The van der Waals surface area contributed by atoms with Crippen LogP contribution in [-0.2, 0) is 9.53 Å². The fraction of sp³-hybridized carbons (Fsp3) is 0.182. The summed E-state index contributed by atoms with van der Waals surface area (Å²) in [6.45, 7) is 1.91. The smallest absolute Gasteiger partial charge is 0.168 e. The van der Waals surface area contributed by atoms with Gasteiger partial charge >= 0.3 is 0 Å². The van der Waals surface area contributed by atoms with E-state index in [2.05, 4.69) is 10.3 Å². The number of nitrogens with zero attached hydrogens (tertiary/aromatic N) is 1. The van der Waals surface area contributed by atoms with Gasteiger partial charge in [0.1, 0.15) is 11.9 Å². The fourth-order valence-corrected chi connectivity index (χ4v) is 4.52. The molecule has 2 aromatic carbocycles. The van der Waals surface area contributed by atoms with Crippen molar-refractivity contribution in [3.8, 4) is 0 Å². The number of pyridine rings is 1. The number of carbonyl (C=O) groups excluding carboxylic acids is 1. The monoisotopic (exact) mass is 410 g/mol. The van der Waals surface area contributed by atoms with Gasteiger partial charge in [0.05, 0.1) is 17.1 Å². The third-order valence-corrected chi connectivity index (χ3v) is 5.77. The van der Waals surface area contributed by atoms with Crippen LogP contribution in [0.4, 0.5) is 5.69 Å². The summed E-state index contributed by atoms with van der Waals surface area (Å²) >= 11 is 12.6. The fourth-order valence-electron chi connectivity index (χ4n) is 4.00. The average Bonchev–Trinajstić information content (AvgIpc) is 2.66. The van der Waals surface area contributed by atoms with Crippen LogP contribution in [0.3, 0.4) is 0 Å². The minimum atomic E-state index is -0.401. The Labute approximate surface area is 172 Å². The van der Waals surface area contributed by atoms with Gasteiger partial charge in [-0.05, 0) is 42.8 Å². The molecule has 28 heavy (non-hydrogen) atoms. The van der Waals surface area contributed by atoms with Gasteiger partial charge in [0.2, 0.25) is 0 Å². The molecule has 2 aliphatic heterocycles. The van der Waals surface area contributed by atoms with Crippen LogP contribution in [0.2, 0.25) is 10.0 Å². The van der Waals surface area contributed by atoms with E-state index in [1.165, 1.54) is 0 Å². The van der Waals surface area contributed by atoms with Crippen LogP contribution >= 0.6 is 23.2 Å². The Hall–Kier alpha value is -2.56.